The Balaban J connectivity index is 2.77. The van der Waals surface area contributed by atoms with Crippen LogP contribution < -0.4 is 0 Å². The van der Waals surface area contributed by atoms with Gasteiger partial charge in [-0.15, -0.1) is 0 Å². The van der Waals surface area contributed by atoms with E-state index in [4.69, 9.17) is 11.6 Å². The van der Waals surface area contributed by atoms with E-state index >= 15 is 0 Å². The third-order valence-electron chi connectivity index (χ3n) is 2.37. The van der Waals surface area contributed by atoms with E-state index < -0.39 is 5.82 Å². The molecule has 0 unspecified atom stereocenters. The molecular formula is C13H7ClFIO. The van der Waals surface area contributed by atoms with Crippen LogP contribution in [0.3, 0.4) is 0 Å². The van der Waals surface area contributed by atoms with Gasteiger partial charge in [0.15, 0.2) is 6.29 Å². The van der Waals surface area contributed by atoms with E-state index in [2.05, 4.69) is 0 Å². The van der Waals surface area contributed by atoms with Crippen LogP contribution in [0, 0.1) is 9.39 Å². The first-order valence-corrected chi connectivity index (χ1v) is 6.29. The smallest absolute Gasteiger partial charge is 0.151 e. The summed E-state index contributed by atoms with van der Waals surface area (Å²) in [7, 11) is 0. The molecule has 0 atom stereocenters. The second-order valence-electron chi connectivity index (χ2n) is 3.43. The van der Waals surface area contributed by atoms with E-state index in [1.807, 2.05) is 28.7 Å². The Labute approximate surface area is 117 Å². The highest BCUT2D eigenvalue weighted by Gasteiger charge is 2.16. The van der Waals surface area contributed by atoms with Gasteiger partial charge in [0.1, 0.15) is 5.82 Å². The number of carbonyl (C=O) groups excluding carboxylic acids is 1. The van der Waals surface area contributed by atoms with Crippen LogP contribution in [0.4, 0.5) is 4.39 Å². The summed E-state index contributed by atoms with van der Waals surface area (Å²) in [6.07, 6.45) is 0.635. The molecule has 0 saturated carbocycles. The van der Waals surface area contributed by atoms with Crippen LogP contribution in [-0.2, 0) is 0 Å². The van der Waals surface area contributed by atoms with Gasteiger partial charge < -0.3 is 0 Å². The Hall–Kier alpha value is -0.940. The molecule has 0 radical (unpaired) electrons. The maximum absolute atomic E-state index is 14.1. The predicted octanol–water partition coefficient (Wildman–Crippen LogP) is 4.56. The van der Waals surface area contributed by atoms with Crippen molar-refractivity contribution in [3.8, 4) is 11.1 Å². The Morgan fingerprint density at radius 3 is 2.47 bits per heavy atom. The average molecular weight is 361 g/mol. The first kappa shape index (κ1) is 12.5. The molecule has 0 aliphatic heterocycles. The molecule has 4 heteroatoms. The van der Waals surface area contributed by atoms with Crippen LogP contribution >= 0.6 is 34.2 Å². The lowest BCUT2D eigenvalue weighted by Crippen LogP contribution is -1.95. The molecule has 0 N–H and O–H groups in total. The van der Waals surface area contributed by atoms with Crippen molar-refractivity contribution in [2.24, 2.45) is 0 Å². The highest BCUT2D eigenvalue weighted by Crippen LogP contribution is 2.35. The molecule has 1 nitrogen and oxygen atoms in total. The Morgan fingerprint density at radius 1 is 1.24 bits per heavy atom. The summed E-state index contributed by atoms with van der Waals surface area (Å²) in [6, 6.07) is 10.4. The van der Waals surface area contributed by atoms with Gasteiger partial charge in [-0.1, -0.05) is 41.9 Å². The summed E-state index contributed by atoms with van der Waals surface area (Å²) in [5.74, 6) is -0.396. The minimum absolute atomic E-state index is 0.157. The Kier molecular flexibility index (Phi) is 3.79. The number of hydrogen-bond acceptors (Lipinski definition) is 1. The lowest BCUT2D eigenvalue weighted by atomic mass is 10.0. The van der Waals surface area contributed by atoms with Crippen LogP contribution in [0.1, 0.15) is 10.4 Å². The highest BCUT2D eigenvalue weighted by atomic mass is 127. The molecule has 2 rings (SSSR count). The summed E-state index contributed by atoms with van der Waals surface area (Å²) in [5, 5.41) is 0.157. The SMILES string of the molecule is O=Cc1cc(I)c(F)c(-c2ccccc2)c1Cl. The molecule has 2 aromatic carbocycles. The van der Waals surface area contributed by atoms with Crippen molar-refractivity contribution in [2.75, 3.05) is 0 Å². The monoisotopic (exact) mass is 360 g/mol. The number of aldehydes is 1. The minimum atomic E-state index is -0.396. The summed E-state index contributed by atoms with van der Waals surface area (Å²) < 4.78 is 14.4. The topological polar surface area (TPSA) is 17.1 Å². The fraction of sp³-hybridized carbons (Fsp3) is 0. The van der Waals surface area contributed by atoms with E-state index in [1.165, 1.54) is 6.07 Å². The second-order valence-corrected chi connectivity index (χ2v) is 4.97. The van der Waals surface area contributed by atoms with Crippen LogP contribution in [0.25, 0.3) is 11.1 Å². The van der Waals surface area contributed by atoms with Gasteiger partial charge in [-0.05, 0) is 34.2 Å². The molecule has 0 heterocycles. The zero-order chi connectivity index (χ0) is 12.4. The van der Waals surface area contributed by atoms with E-state index in [1.54, 1.807) is 24.3 Å². The van der Waals surface area contributed by atoms with Crippen LogP contribution in [0.5, 0.6) is 0 Å². The molecule has 0 spiro atoms. The van der Waals surface area contributed by atoms with Crippen molar-refractivity contribution in [1.29, 1.82) is 0 Å². The largest absolute Gasteiger partial charge is 0.298 e. The van der Waals surface area contributed by atoms with Gasteiger partial charge in [0.05, 0.1) is 8.59 Å². The number of halogens is 3. The van der Waals surface area contributed by atoms with Gasteiger partial charge >= 0.3 is 0 Å². The van der Waals surface area contributed by atoms with Crippen molar-refractivity contribution >= 4 is 40.5 Å². The molecule has 0 aliphatic carbocycles. The number of rotatable bonds is 2. The zero-order valence-electron chi connectivity index (χ0n) is 8.58. The van der Waals surface area contributed by atoms with Gasteiger partial charge in [0.25, 0.3) is 0 Å². The maximum atomic E-state index is 14.1. The summed E-state index contributed by atoms with van der Waals surface area (Å²) in [6.45, 7) is 0. The van der Waals surface area contributed by atoms with Crippen LogP contribution in [-0.4, -0.2) is 6.29 Å². The van der Waals surface area contributed by atoms with Gasteiger partial charge in [-0.2, -0.15) is 0 Å². The summed E-state index contributed by atoms with van der Waals surface area (Å²) in [5.41, 5.74) is 1.24. The Morgan fingerprint density at radius 2 is 1.88 bits per heavy atom. The first-order valence-electron chi connectivity index (χ1n) is 4.83. The van der Waals surface area contributed by atoms with Crippen molar-refractivity contribution in [3.63, 3.8) is 0 Å². The molecule has 0 aromatic heterocycles. The fourth-order valence-electron chi connectivity index (χ4n) is 1.57. The quantitative estimate of drug-likeness (QED) is 0.436. The maximum Gasteiger partial charge on any atom is 0.151 e. The highest BCUT2D eigenvalue weighted by molar-refractivity contribution is 14.1. The normalized spacial score (nSPS) is 10.3. The van der Waals surface area contributed by atoms with E-state index in [9.17, 15) is 9.18 Å². The third-order valence-corrected chi connectivity index (χ3v) is 3.57. The fourth-order valence-corrected chi connectivity index (χ4v) is 2.46. The van der Waals surface area contributed by atoms with E-state index in [0.717, 1.165) is 0 Å². The van der Waals surface area contributed by atoms with E-state index in [0.29, 0.717) is 21.0 Å². The minimum Gasteiger partial charge on any atom is -0.298 e. The van der Waals surface area contributed by atoms with E-state index in [-0.39, 0.29) is 10.6 Å². The lowest BCUT2D eigenvalue weighted by molar-refractivity contribution is 0.112. The third kappa shape index (κ3) is 2.35. The predicted molar refractivity (Wildman–Crippen MR) is 75.0 cm³/mol. The van der Waals surface area contributed by atoms with Crippen molar-refractivity contribution in [1.82, 2.24) is 0 Å². The second kappa shape index (κ2) is 5.14. The summed E-state index contributed by atoms with van der Waals surface area (Å²) in [4.78, 5) is 10.9. The number of carbonyl (C=O) groups is 1. The standard InChI is InChI=1S/C13H7ClFIO/c14-12-9(7-17)6-10(16)13(15)11(12)8-4-2-1-3-5-8/h1-7H. The van der Waals surface area contributed by atoms with Gasteiger partial charge in [0, 0.05) is 11.1 Å². The molecule has 0 amide bonds. The molecule has 17 heavy (non-hydrogen) atoms. The molecule has 2 aromatic rings. The first-order chi connectivity index (χ1) is 8.15. The van der Waals surface area contributed by atoms with Crippen molar-refractivity contribution in [3.05, 3.63) is 56.4 Å². The molecule has 86 valence electrons. The molecule has 0 aliphatic rings. The number of benzene rings is 2. The van der Waals surface area contributed by atoms with Crippen molar-refractivity contribution in [2.45, 2.75) is 0 Å². The molecule has 0 bridgehead atoms. The summed E-state index contributed by atoms with van der Waals surface area (Å²) >= 11 is 7.90. The van der Waals surface area contributed by atoms with Crippen LogP contribution in [0.2, 0.25) is 5.02 Å². The molecule has 0 fully saturated rings. The number of hydrogen-bond donors (Lipinski definition) is 0. The van der Waals surface area contributed by atoms with Gasteiger partial charge in [-0.25, -0.2) is 4.39 Å². The molecular weight excluding hydrogens is 353 g/mol. The van der Waals surface area contributed by atoms with Gasteiger partial charge in [0.2, 0.25) is 0 Å². The van der Waals surface area contributed by atoms with Crippen molar-refractivity contribution < 1.29 is 9.18 Å². The van der Waals surface area contributed by atoms with Gasteiger partial charge in [-0.3, -0.25) is 4.79 Å². The molecule has 0 saturated heterocycles. The lowest BCUT2D eigenvalue weighted by Gasteiger charge is -2.09. The zero-order valence-corrected chi connectivity index (χ0v) is 11.5. The average Bonchev–Trinajstić information content (AvgIpc) is 2.35. The van der Waals surface area contributed by atoms with Crippen LogP contribution in [0.15, 0.2) is 36.4 Å². The Bertz CT molecular complexity index is 569.